The van der Waals surface area contributed by atoms with Crippen LogP contribution < -0.4 is 0 Å². The zero-order chi connectivity index (χ0) is 22.6. The lowest BCUT2D eigenvalue weighted by Crippen LogP contribution is -2.37. The van der Waals surface area contributed by atoms with Crippen molar-refractivity contribution < 1.29 is 26.0 Å². The van der Waals surface area contributed by atoms with E-state index in [2.05, 4.69) is 0 Å². The summed E-state index contributed by atoms with van der Waals surface area (Å²) in [7, 11) is -7.51. The van der Waals surface area contributed by atoms with Crippen molar-refractivity contribution in [1.82, 2.24) is 8.61 Å². The number of ether oxygens (including phenoxy) is 1. The van der Waals surface area contributed by atoms with Gasteiger partial charge >= 0.3 is 0 Å². The van der Waals surface area contributed by atoms with Crippen molar-refractivity contribution in [2.45, 2.75) is 61.0 Å². The third-order valence-electron chi connectivity index (χ3n) is 6.01. The number of furan rings is 1. The Hall–Kier alpha value is -1.72. The summed E-state index contributed by atoms with van der Waals surface area (Å²) < 4.78 is 66.7. The molecule has 0 N–H and O–H groups in total. The Bertz CT molecular complexity index is 1070. The molecule has 0 unspecified atom stereocenters. The van der Waals surface area contributed by atoms with Crippen molar-refractivity contribution in [3.05, 3.63) is 48.4 Å². The van der Waals surface area contributed by atoms with Crippen LogP contribution in [-0.4, -0.2) is 57.8 Å². The molecular formula is C22H30N2O6S2. The fourth-order valence-corrected chi connectivity index (χ4v) is 7.16. The number of hydrogen-bond donors (Lipinski definition) is 0. The summed E-state index contributed by atoms with van der Waals surface area (Å²) in [6, 6.07) is 8.99. The van der Waals surface area contributed by atoms with Gasteiger partial charge in [-0.2, -0.15) is 8.61 Å². The molecule has 3 heterocycles. The Morgan fingerprint density at radius 3 is 2.19 bits per heavy atom. The van der Waals surface area contributed by atoms with Crippen molar-refractivity contribution in [1.29, 1.82) is 0 Å². The average molecular weight is 483 g/mol. The maximum absolute atomic E-state index is 13.4. The van der Waals surface area contributed by atoms with Crippen molar-refractivity contribution in [2.24, 2.45) is 0 Å². The molecule has 0 bridgehead atoms. The molecule has 4 rings (SSSR count). The first-order chi connectivity index (χ1) is 15.4. The van der Waals surface area contributed by atoms with Crippen molar-refractivity contribution in [3.8, 4) is 0 Å². The molecular weight excluding hydrogens is 452 g/mol. The van der Waals surface area contributed by atoms with Crippen LogP contribution in [0.1, 0.15) is 44.3 Å². The van der Waals surface area contributed by atoms with Gasteiger partial charge in [0.1, 0.15) is 5.76 Å². The van der Waals surface area contributed by atoms with Gasteiger partial charge in [0, 0.05) is 26.2 Å². The van der Waals surface area contributed by atoms with Gasteiger partial charge in [0.15, 0.2) is 0 Å². The Morgan fingerprint density at radius 1 is 0.906 bits per heavy atom. The molecule has 0 amide bonds. The van der Waals surface area contributed by atoms with Crippen molar-refractivity contribution in [3.63, 3.8) is 0 Å². The minimum Gasteiger partial charge on any atom is -0.468 e. The summed E-state index contributed by atoms with van der Waals surface area (Å²) in [5.74, 6) is 0.534. The lowest BCUT2D eigenvalue weighted by atomic mass is 10.2. The largest absolute Gasteiger partial charge is 0.468 e. The summed E-state index contributed by atoms with van der Waals surface area (Å²) >= 11 is 0. The van der Waals surface area contributed by atoms with E-state index in [-0.39, 0.29) is 29.0 Å². The van der Waals surface area contributed by atoms with Crippen LogP contribution in [0.15, 0.2) is 56.9 Å². The second kappa shape index (κ2) is 10.0. The lowest BCUT2D eigenvalue weighted by molar-refractivity contribution is 0.0914. The summed E-state index contributed by atoms with van der Waals surface area (Å²) in [5, 5.41) is 0. The Balaban J connectivity index is 1.57. The van der Waals surface area contributed by atoms with Gasteiger partial charge in [-0.15, -0.1) is 0 Å². The van der Waals surface area contributed by atoms with Crippen LogP contribution in [0.25, 0.3) is 0 Å². The van der Waals surface area contributed by atoms with Gasteiger partial charge in [0.25, 0.3) is 0 Å². The number of rotatable bonds is 8. The summed E-state index contributed by atoms with van der Waals surface area (Å²) in [5.41, 5.74) is 0. The highest BCUT2D eigenvalue weighted by molar-refractivity contribution is 7.89. The van der Waals surface area contributed by atoms with Gasteiger partial charge in [-0.05, 0) is 62.1 Å². The van der Waals surface area contributed by atoms with Gasteiger partial charge in [-0.1, -0.05) is 12.8 Å². The Kier molecular flexibility index (Phi) is 7.36. The summed E-state index contributed by atoms with van der Waals surface area (Å²) in [6.07, 6.45) is 6.79. The minimum atomic E-state index is -3.87. The fraction of sp³-hybridized carbons (Fsp3) is 0.545. The lowest BCUT2D eigenvalue weighted by Gasteiger charge is -2.24. The van der Waals surface area contributed by atoms with Crippen LogP contribution in [0.3, 0.4) is 0 Å². The molecule has 2 saturated heterocycles. The molecule has 2 aliphatic heterocycles. The number of hydrogen-bond acceptors (Lipinski definition) is 6. The SMILES string of the molecule is O=S(=O)(c1ccc(S(=O)(=O)N(Cc2ccco2)C[C@H]2CCCO2)cc1)N1CCCCCC1. The third-order valence-corrected chi connectivity index (χ3v) is 9.75. The van der Waals surface area contributed by atoms with Gasteiger partial charge < -0.3 is 9.15 Å². The average Bonchev–Trinajstić information content (AvgIpc) is 3.42. The van der Waals surface area contributed by atoms with Crippen LogP contribution in [0.4, 0.5) is 0 Å². The zero-order valence-electron chi connectivity index (χ0n) is 18.1. The van der Waals surface area contributed by atoms with Crippen LogP contribution in [0.5, 0.6) is 0 Å². The number of sulfonamides is 2. The van der Waals surface area contributed by atoms with Crippen molar-refractivity contribution in [2.75, 3.05) is 26.2 Å². The van der Waals surface area contributed by atoms with E-state index in [0.717, 1.165) is 38.5 Å². The van der Waals surface area contributed by atoms with E-state index in [4.69, 9.17) is 9.15 Å². The molecule has 2 aromatic rings. The molecule has 176 valence electrons. The molecule has 1 aromatic heterocycles. The van der Waals surface area contributed by atoms with Gasteiger partial charge in [0.05, 0.1) is 28.7 Å². The van der Waals surface area contributed by atoms with E-state index in [9.17, 15) is 16.8 Å². The summed E-state index contributed by atoms with van der Waals surface area (Å²) in [4.78, 5) is 0.173. The van der Waals surface area contributed by atoms with E-state index in [1.807, 2.05) is 0 Å². The molecule has 2 aliphatic rings. The molecule has 8 nitrogen and oxygen atoms in total. The smallest absolute Gasteiger partial charge is 0.243 e. The number of benzene rings is 1. The molecule has 2 fully saturated rings. The quantitative estimate of drug-likeness (QED) is 0.573. The topological polar surface area (TPSA) is 97.1 Å². The van der Waals surface area contributed by atoms with Gasteiger partial charge in [-0.3, -0.25) is 0 Å². The first-order valence-corrected chi connectivity index (χ1v) is 14.0. The normalized spacial score (nSPS) is 21.1. The van der Waals surface area contributed by atoms with E-state index in [1.165, 1.54) is 39.1 Å². The van der Waals surface area contributed by atoms with E-state index >= 15 is 0 Å². The standard InChI is InChI=1S/C22H30N2O6S2/c25-31(26,23-13-3-1-2-4-14-23)21-9-11-22(12-10-21)32(27,28)24(17-19-7-5-15-29-19)18-20-8-6-16-30-20/h5,7,9-12,15,20H,1-4,6,8,13-14,16-18H2/t20-/m1/s1. The van der Waals surface area contributed by atoms with Crippen molar-refractivity contribution >= 4 is 20.0 Å². The Morgan fingerprint density at radius 2 is 1.59 bits per heavy atom. The maximum atomic E-state index is 13.4. The highest BCUT2D eigenvalue weighted by atomic mass is 32.2. The predicted molar refractivity (Wildman–Crippen MR) is 119 cm³/mol. The molecule has 1 atom stereocenters. The molecule has 0 aliphatic carbocycles. The van der Waals surface area contributed by atoms with E-state index in [0.29, 0.717) is 25.5 Å². The fourth-order valence-electron chi connectivity index (χ4n) is 4.20. The van der Waals surface area contributed by atoms with Crippen LogP contribution in [0, 0.1) is 0 Å². The monoisotopic (exact) mass is 482 g/mol. The maximum Gasteiger partial charge on any atom is 0.243 e. The molecule has 0 spiro atoms. The predicted octanol–water partition coefficient (Wildman–Crippen LogP) is 3.21. The first kappa shape index (κ1) is 23.4. The highest BCUT2D eigenvalue weighted by Crippen LogP contribution is 2.25. The Labute approximate surface area is 190 Å². The zero-order valence-corrected chi connectivity index (χ0v) is 19.7. The van der Waals surface area contributed by atoms with E-state index in [1.54, 1.807) is 12.1 Å². The first-order valence-electron chi connectivity index (χ1n) is 11.1. The molecule has 10 heteroatoms. The second-order valence-electron chi connectivity index (χ2n) is 8.30. The molecule has 32 heavy (non-hydrogen) atoms. The highest BCUT2D eigenvalue weighted by Gasteiger charge is 2.31. The number of nitrogens with zero attached hydrogens (tertiary/aromatic N) is 2. The van der Waals surface area contributed by atoms with E-state index < -0.39 is 20.0 Å². The summed E-state index contributed by atoms with van der Waals surface area (Å²) in [6.45, 7) is 1.93. The minimum absolute atomic E-state index is 0.0527. The molecule has 0 saturated carbocycles. The third kappa shape index (κ3) is 5.26. The molecule has 1 aromatic carbocycles. The van der Waals surface area contributed by atoms with Crippen LogP contribution in [0.2, 0.25) is 0 Å². The van der Waals surface area contributed by atoms with Gasteiger partial charge in [0.2, 0.25) is 20.0 Å². The molecule has 0 radical (unpaired) electrons. The second-order valence-corrected chi connectivity index (χ2v) is 12.2. The van der Waals surface area contributed by atoms with Gasteiger partial charge in [-0.25, -0.2) is 16.8 Å². The van der Waals surface area contributed by atoms with Crippen LogP contribution in [-0.2, 0) is 31.3 Å². The van der Waals surface area contributed by atoms with Crippen LogP contribution >= 0.6 is 0 Å².